The number of amides is 1. The van der Waals surface area contributed by atoms with Crippen molar-refractivity contribution in [3.8, 4) is 0 Å². The van der Waals surface area contributed by atoms with Crippen LogP contribution in [0, 0.1) is 5.82 Å². The molecular weight excluding hydrogens is 428 g/mol. The quantitative estimate of drug-likeness (QED) is 0.387. The fourth-order valence-electron chi connectivity index (χ4n) is 2.24. The van der Waals surface area contributed by atoms with Gasteiger partial charge in [0.15, 0.2) is 4.34 Å². The zero-order chi connectivity index (χ0) is 21.0. The molecule has 0 aliphatic rings. The van der Waals surface area contributed by atoms with Crippen molar-refractivity contribution in [3.05, 3.63) is 59.9 Å². The lowest BCUT2D eigenvalue weighted by atomic mass is 10.1. The van der Waals surface area contributed by atoms with Gasteiger partial charge in [-0.1, -0.05) is 35.2 Å². The van der Waals surface area contributed by atoms with Crippen molar-refractivity contribution in [3.63, 3.8) is 0 Å². The number of para-hydroxylation sites is 1. The van der Waals surface area contributed by atoms with Gasteiger partial charge in [-0.25, -0.2) is 4.39 Å². The molecule has 11 heteroatoms. The van der Waals surface area contributed by atoms with Crippen molar-refractivity contribution in [1.82, 2.24) is 10.2 Å². The van der Waals surface area contributed by atoms with Crippen LogP contribution in [0.25, 0.3) is 0 Å². The highest BCUT2D eigenvalue weighted by molar-refractivity contribution is 8.02. The minimum Gasteiger partial charge on any atom is -0.330 e. The standard InChI is InChI=1S/C18H14F4N4OS2/c1-10(15(27)24-14-5-3-2-4-13(14)18(20,21)22)28-17-26-25-16(29-17)23-12-8-6-11(19)7-9-12/h2-10H,1H3,(H,23,25)(H,24,27). The van der Waals surface area contributed by atoms with Crippen LogP contribution in [-0.2, 0) is 11.0 Å². The van der Waals surface area contributed by atoms with Crippen LogP contribution < -0.4 is 10.6 Å². The lowest BCUT2D eigenvalue weighted by molar-refractivity contribution is -0.137. The molecule has 0 aliphatic carbocycles. The molecule has 0 saturated carbocycles. The van der Waals surface area contributed by atoms with Crippen LogP contribution in [-0.4, -0.2) is 21.4 Å². The van der Waals surface area contributed by atoms with Crippen molar-refractivity contribution in [1.29, 1.82) is 0 Å². The van der Waals surface area contributed by atoms with Crippen LogP contribution in [0.5, 0.6) is 0 Å². The number of hydrogen-bond donors (Lipinski definition) is 2. The van der Waals surface area contributed by atoms with Crippen molar-refractivity contribution >= 4 is 45.5 Å². The summed E-state index contributed by atoms with van der Waals surface area (Å²) >= 11 is 2.24. The number of nitrogens with one attached hydrogen (secondary N) is 2. The molecule has 3 rings (SSSR count). The molecule has 1 heterocycles. The number of nitrogens with zero attached hydrogens (tertiary/aromatic N) is 2. The summed E-state index contributed by atoms with van der Waals surface area (Å²) in [6.07, 6.45) is -4.57. The Labute approximate surface area is 171 Å². The van der Waals surface area contributed by atoms with E-state index >= 15 is 0 Å². The summed E-state index contributed by atoms with van der Waals surface area (Å²) in [5.41, 5.74) is -0.589. The van der Waals surface area contributed by atoms with Crippen LogP contribution in [0.1, 0.15) is 12.5 Å². The number of anilines is 3. The average molecular weight is 442 g/mol. The van der Waals surface area contributed by atoms with Crippen LogP contribution in [0.15, 0.2) is 52.9 Å². The molecule has 0 radical (unpaired) electrons. The Hall–Kier alpha value is -2.66. The molecule has 0 bridgehead atoms. The topological polar surface area (TPSA) is 66.9 Å². The Balaban J connectivity index is 1.62. The summed E-state index contributed by atoms with van der Waals surface area (Å²) in [6, 6.07) is 10.5. The molecule has 1 atom stereocenters. The van der Waals surface area contributed by atoms with Gasteiger partial charge in [-0.2, -0.15) is 13.2 Å². The summed E-state index contributed by atoms with van der Waals surface area (Å²) in [4.78, 5) is 12.3. The Morgan fingerprint density at radius 3 is 2.48 bits per heavy atom. The van der Waals surface area contributed by atoms with Gasteiger partial charge in [-0.15, -0.1) is 10.2 Å². The molecular formula is C18H14F4N4OS2. The molecule has 3 aromatic rings. The second-order valence-electron chi connectivity index (χ2n) is 5.80. The largest absolute Gasteiger partial charge is 0.418 e. The fraction of sp³-hybridized carbons (Fsp3) is 0.167. The average Bonchev–Trinajstić information content (AvgIpc) is 3.10. The first-order valence-electron chi connectivity index (χ1n) is 8.22. The molecule has 29 heavy (non-hydrogen) atoms. The number of benzene rings is 2. The van der Waals surface area contributed by atoms with E-state index in [4.69, 9.17) is 0 Å². The van der Waals surface area contributed by atoms with Gasteiger partial charge in [0.05, 0.1) is 16.5 Å². The Morgan fingerprint density at radius 2 is 1.79 bits per heavy atom. The number of alkyl halides is 3. The summed E-state index contributed by atoms with van der Waals surface area (Å²) in [6.45, 7) is 1.56. The van der Waals surface area contributed by atoms with E-state index in [-0.39, 0.29) is 11.5 Å². The molecule has 0 fully saturated rings. The highest BCUT2D eigenvalue weighted by atomic mass is 32.2. The maximum Gasteiger partial charge on any atom is 0.418 e. The lowest BCUT2D eigenvalue weighted by Gasteiger charge is -2.15. The number of rotatable bonds is 6. The second-order valence-corrected chi connectivity index (χ2v) is 8.36. The third-order valence-corrected chi connectivity index (χ3v) is 5.66. The molecule has 0 spiro atoms. The van der Waals surface area contributed by atoms with E-state index < -0.39 is 22.9 Å². The summed E-state index contributed by atoms with van der Waals surface area (Å²) in [7, 11) is 0. The summed E-state index contributed by atoms with van der Waals surface area (Å²) < 4.78 is 52.5. The number of aromatic nitrogens is 2. The van der Waals surface area contributed by atoms with Gasteiger partial charge in [0.1, 0.15) is 5.82 Å². The van der Waals surface area contributed by atoms with E-state index in [1.54, 1.807) is 6.92 Å². The molecule has 0 saturated heterocycles. The predicted molar refractivity (Wildman–Crippen MR) is 105 cm³/mol. The van der Waals surface area contributed by atoms with Gasteiger partial charge in [0.2, 0.25) is 11.0 Å². The van der Waals surface area contributed by atoms with Gasteiger partial charge in [-0.05, 0) is 43.3 Å². The molecule has 1 unspecified atom stereocenters. The summed E-state index contributed by atoms with van der Waals surface area (Å²) in [5, 5.41) is 12.9. The van der Waals surface area contributed by atoms with Gasteiger partial charge in [0.25, 0.3) is 0 Å². The fourth-order valence-corrected chi connectivity index (χ4v) is 4.16. The third kappa shape index (κ3) is 5.67. The minimum absolute atomic E-state index is 0.298. The third-order valence-electron chi connectivity index (χ3n) is 3.64. The first kappa shape index (κ1) is 21.1. The van der Waals surface area contributed by atoms with E-state index in [9.17, 15) is 22.4 Å². The van der Waals surface area contributed by atoms with Crippen LogP contribution in [0.4, 0.5) is 34.1 Å². The summed E-state index contributed by atoms with van der Waals surface area (Å²) in [5.74, 6) is -0.953. The Morgan fingerprint density at radius 1 is 1.10 bits per heavy atom. The highest BCUT2D eigenvalue weighted by Gasteiger charge is 2.34. The number of carbonyl (C=O) groups is 1. The van der Waals surface area contributed by atoms with Crippen LogP contribution in [0.2, 0.25) is 0 Å². The first-order valence-corrected chi connectivity index (χ1v) is 9.92. The van der Waals surface area contributed by atoms with Crippen molar-refractivity contribution in [2.24, 2.45) is 0 Å². The highest BCUT2D eigenvalue weighted by Crippen LogP contribution is 2.35. The molecule has 1 aromatic heterocycles. The second kappa shape index (κ2) is 8.78. The predicted octanol–water partition coefficient (Wildman–Crippen LogP) is 5.56. The van der Waals surface area contributed by atoms with Gasteiger partial charge < -0.3 is 10.6 Å². The van der Waals surface area contributed by atoms with E-state index in [0.717, 1.165) is 17.8 Å². The number of carbonyl (C=O) groups excluding carboxylic acids is 1. The monoisotopic (exact) mass is 442 g/mol. The lowest BCUT2D eigenvalue weighted by Crippen LogP contribution is -2.24. The van der Waals surface area contributed by atoms with E-state index in [1.165, 1.54) is 53.8 Å². The van der Waals surface area contributed by atoms with Crippen LogP contribution >= 0.6 is 23.1 Å². The number of halogens is 4. The minimum atomic E-state index is -4.57. The molecule has 2 N–H and O–H groups in total. The Kier molecular flexibility index (Phi) is 6.38. The van der Waals surface area contributed by atoms with Crippen molar-refractivity contribution in [2.45, 2.75) is 22.7 Å². The van der Waals surface area contributed by atoms with E-state index in [1.807, 2.05) is 0 Å². The first-order chi connectivity index (χ1) is 13.7. The number of thioether (sulfide) groups is 1. The molecule has 1 amide bonds. The maximum atomic E-state index is 13.0. The molecule has 152 valence electrons. The maximum absolute atomic E-state index is 13.0. The SMILES string of the molecule is CC(Sc1nnc(Nc2ccc(F)cc2)s1)C(=O)Nc1ccccc1C(F)(F)F. The molecule has 2 aromatic carbocycles. The van der Waals surface area contributed by atoms with Gasteiger partial charge in [0, 0.05) is 5.69 Å². The Bertz CT molecular complexity index is 992. The molecule has 0 aliphatic heterocycles. The van der Waals surface area contributed by atoms with Crippen molar-refractivity contribution in [2.75, 3.05) is 10.6 Å². The normalized spacial score (nSPS) is 12.4. The van der Waals surface area contributed by atoms with Gasteiger partial charge >= 0.3 is 6.18 Å². The van der Waals surface area contributed by atoms with Crippen LogP contribution in [0.3, 0.4) is 0 Å². The smallest absolute Gasteiger partial charge is 0.330 e. The number of hydrogen-bond acceptors (Lipinski definition) is 6. The zero-order valence-corrected chi connectivity index (χ0v) is 16.5. The molecule has 5 nitrogen and oxygen atoms in total. The van der Waals surface area contributed by atoms with Gasteiger partial charge in [-0.3, -0.25) is 4.79 Å². The van der Waals surface area contributed by atoms with E-state index in [0.29, 0.717) is 15.2 Å². The van der Waals surface area contributed by atoms with E-state index in [2.05, 4.69) is 20.8 Å². The zero-order valence-electron chi connectivity index (χ0n) is 14.8. The van der Waals surface area contributed by atoms with Crippen molar-refractivity contribution < 1.29 is 22.4 Å².